The van der Waals surface area contributed by atoms with Crippen LogP contribution >= 0.6 is 0 Å². The third-order valence-electron chi connectivity index (χ3n) is 9.88. The highest BCUT2D eigenvalue weighted by Gasteiger charge is 2.33. The maximum atomic E-state index is 13.5. The Labute approximate surface area is 283 Å². The van der Waals surface area contributed by atoms with Gasteiger partial charge in [0.1, 0.15) is 23.1 Å². The molecule has 0 heterocycles. The van der Waals surface area contributed by atoms with Crippen molar-refractivity contribution in [2.45, 2.75) is 124 Å². The molecular formula is C42H56O5. The molecule has 0 bridgehead atoms. The maximum absolute atomic E-state index is 13.5. The van der Waals surface area contributed by atoms with Gasteiger partial charge >= 0.3 is 0 Å². The maximum Gasteiger partial charge on any atom is 0.163 e. The van der Waals surface area contributed by atoms with Gasteiger partial charge in [0, 0.05) is 30.7 Å². The Morgan fingerprint density at radius 2 is 1.49 bits per heavy atom. The highest BCUT2D eigenvalue weighted by Crippen LogP contribution is 2.37. The summed E-state index contributed by atoms with van der Waals surface area (Å²) >= 11 is 0. The lowest BCUT2D eigenvalue weighted by molar-refractivity contribution is -0.130. The Hall–Kier alpha value is -3.47. The molecule has 0 amide bonds. The molecular weight excluding hydrogens is 584 g/mol. The van der Waals surface area contributed by atoms with Crippen LogP contribution in [0.4, 0.5) is 0 Å². The van der Waals surface area contributed by atoms with E-state index in [0.29, 0.717) is 25.2 Å². The zero-order chi connectivity index (χ0) is 34.2. The van der Waals surface area contributed by atoms with Gasteiger partial charge in [-0.15, -0.1) is 0 Å². The highest BCUT2D eigenvalue weighted by atomic mass is 16.2. The van der Waals surface area contributed by atoms with Crippen LogP contribution in [0.5, 0.6) is 0 Å². The van der Waals surface area contributed by atoms with E-state index in [1.54, 1.807) is 0 Å². The van der Waals surface area contributed by atoms with Crippen LogP contribution in [0.25, 0.3) is 0 Å². The van der Waals surface area contributed by atoms with Crippen molar-refractivity contribution in [1.29, 1.82) is 0 Å². The predicted molar refractivity (Wildman–Crippen MR) is 191 cm³/mol. The molecule has 3 rings (SSSR count). The summed E-state index contributed by atoms with van der Waals surface area (Å²) in [5.41, 5.74) is 3.42. The van der Waals surface area contributed by atoms with Crippen molar-refractivity contribution >= 4 is 28.9 Å². The van der Waals surface area contributed by atoms with E-state index >= 15 is 0 Å². The molecule has 0 spiro atoms. The van der Waals surface area contributed by atoms with E-state index in [0.717, 1.165) is 80.0 Å². The molecule has 5 heteroatoms. The van der Waals surface area contributed by atoms with Crippen molar-refractivity contribution in [2.75, 3.05) is 0 Å². The Morgan fingerprint density at radius 3 is 2.11 bits per heavy atom. The van der Waals surface area contributed by atoms with E-state index < -0.39 is 0 Å². The Balaban J connectivity index is 1.59. The van der Waals surface area contributed by atoms with Gasteiger partial charge in [0.25, 0.3) is 0 Å². The number of Topliss-reactive ketones (excluding diaryl/α,β-unsaturated/α-hetero) is 5. The van der Waals surface area contributed by atoms with Gasteiger partial charge in [-0.05, 0) is 99.7 Å². The number of ketones is 5. The minimum Gasteiger partial charge on any atom is -0.300 e. The monoisotopic (exact) mass is 640 g/mol. The Kier molecular flexibility index (Phi) is 16.2. The van der Waals surface area contributed by atoms with Gasteiger partial charge < -0.3 is 0 Å². The molecule has 0 N–H and O–H groups in total. The number of hydrogen-bond acceptors (Lipinski definition) is 5. The summed E-state index contributed by atoms with van der Waals surface area (Å²) in [7, 11) is 0. The number of allylic oxidation sites excluding steroid dienone is 8. The van der Waals surface area contributed by atoms with E-state index in [2.05, 4.69) is 55.5 Å². The normalized spacial score (nSPS) is 19.6. The number of fused-ring (bicyclic) bond motifs is 1. The van der Waals surface area contributed by atoms with Crippen molar-refractivity contribution in [3.63, 3.8) is 0 Å². The van der Waals surface area contributed by atoms with Crippen LogP contribution in [0.15, 0.2) is 60.7 Å². The lowest BCUT2D eigenvalue weighted by Crippen LogP contribution is -2.30. The first-order valence-electron chi connectivity index (χ1n) is 18.0. The Bertz CT molecular complexity index is 1350. The molecule has 3 unspecified atom stereocenters. The fraction of sp³-hybridized carbons (Fsp3) is 0.548. The Morgan fingerprint density at radius 1 is 0.830 bits per heavy atom. The number of carbonyl (C=O) groups is 5. The van der Waals surface area contributed by atoms with Gasteiger partial charge in [-0.25, -0.2) is 0 Å². The lowest BCUT2D eigenvalue weighted by Gasteiger charge is -2.32. The second kappa shape index (κ2) is 20.0. The van der Waals surface area contributed by atoms with Gasteiger partial charge in [0.05, 0.1) is 12.8 Å². The molecule has 5 nitrogen and oxygen atoms in total. The van der Waals surface area contributed by atoms with Gasteiger partial charge in [0.15, 0.2) is 5.78 Å². The number of rotatable bonds is 16. The largest absolute Gasteiger partial charge is 0.300 e. The minimum atomic E-state index is -0.151. The lowest BCUT2D eigenvalue weighted by atomic mass is 9.72. The second-order valence-electron chi connectivity index (χ2n) is 13.8. The summed E-state index contributed by atoms with van der Waals surface area (Å²) in [5.74, 6) is 0.423. The minimum absolute atomic E-state index is 0.0107. The van der Waals surface area contributed by atoms with Crippen LogP contribution in [0.2, 0.25) is 0 Å². The zero-order valence-corrected chi connectivity index (χ0v) is 29.2. The van der Waals surface area contributed by atoms with Gasteiger partial charge in [0.2, 0.25) is 0 Å². The zero-order valence-electron chi connectivity index (χ0n) is 29.2. The van der Waals surface area contributed by atoms with Crippen LogP contribution in [0.3, 0.4) is 0 Å². The molecule has 2 aliphatic carbocycles. The van der Waals surface area contributed by atoms with Crippen molar-refractivity contribution in [3.8, 4) is 0 Å². The molecule has 254 valence electrons. The van der Waals surface area contributed by atoms with Crippen LogP contribution in [-0.2, 0) is 32.0 Å². The van der Waals surface area contributed by atoms with Gasteiger partial charge in [-0.2, -0.15) is 0 Å². The summed E-state index contributed by atoms with van der Waals surface area (Å²) in [4.78, 5) is 63.9. The third-order valence-corrected chi connectivity index (χ3v) is 9.88. The average Bonchev–Trinajstić information content (AvgIpc) is 3.03. The molecule has 1 aromatic carbocycles. The summed E-state index contributed by atoms with van der Waals surface area (Å²) in [6, 6.07) is 3.94. The van der Waals surface area contributed by atoms with Crippen molar-refractivity contribution in [2.24, 2.45) is 23.7 Å². The molecule has 0 saturated heterocycles. The number of hydrogen-bond donors (Lipinski definition) is 0. The highest BCUT2D eigenvalue weighted by molar-refractivity contribution is 6.02. The molecule has 3 atom stereocenters. The van der Waals surface area contributed by atoms with Crippen molar-refractivity contribution < 1.29 is 24.0 Å². The van der Waals surface area contributed by atoms with E-state index in [-0.39, 0.29) is 65.9 Å². The van der Waals surface area contributed by atoms with E-state index in [1.165, 1.54) is 6.92 Å². The molecule has 0 saturated carbocycles. The van der Waals surface area contributed by atoms with E-state index in [9.17, 15) is 24.0 Å². The fourth-order valence-electron chi connectivity index (χ4n) is 7.48. The number of benzene rings is 1. The van der Waals surface area contributed by atoms with Crippen LogP contribution in [-0.4, -0.2) is 28.9 Å². The topological polar surface area (TPSA) is 85.3 Å². The van der Waals surface area contributed by atoms with E-state index in [4.69, 9.17) is 0 Å². The van der Waals surface area contributed by atoms with Crippen molar-refractivity contribution in [3.05, 3.63) is 83.0 Å². The molecule has 0 radical (unpaired) electrons. The van der Waals surface area contributed by atoms with Crippen LogP contribution < -0.4 is 0 Å². The molecule has 47 heavy (non-hydrogen) atoms. The molecule has 1 aromatic rings. The molecule has 2 aliphatic rings. The summed E-state index contributed by atoms with van der Waals surface area (Å²) in [6.45, 7) is 7.52. The van der Waals surface area contributed by atoms with Crippen LogP contribution in [0.1, 0.15) is 131 Å². The fourth-order valence-corrected chi connectivity index (χ4v) is 7.48. The third kappa shape index (κ3) is 12.6. The first-order chi connectivity index (χ1) is 22.6. The molecule has 0 aromatic heterocycles. The summed E-state index contributed by atoms with van der Waals surface area (Å²) in [5, 5.41) is 0. The van der Waals surface area contributed by atoms with Gasteiger partial charge in [-0.1, -0.05) is 87.4 Å². The smallest absolute Gasteiger partial charge is 0.163 e. The molecule has 0 fully saturated rings. The average molecular weight is 641 g/mol. The quantitative estimate of drug-likeness (QED) is 0.168. The first kappa shape index (κ1) is 38.0. The SMILES string of the molecule is CCCC(CC1CC(=O)c2c(ccc(CC(=O)CC(=O)CCC3CC=CC=CCCC=CC=CC3)c2C)C1)C(CC)C(=O)CC(C)=O. The van der Waals surface area contributed by atoms with Gasteiger partial charge in [-0.3, -0.25) is 24.0 Å². The standard InChI is InChI=1S/C42H56O5/c1-5-17-35(39(6-2)40(46)24-30(3)43)25-33-26-36-22-21-34(31(4)42(36)41(47)27-33)28-38(45)29-37(44)23-20-32-18-15-13-11-9-7-8-10-12-14-16-19-32/h9-16,21-22,32-33,35,39H,5-8,17-20,23-29H2,1-4H3. The summed E-state index contributed by atoms with van der Waals surface area (Å²) < 4.78 is 0. The van der Waals surface area contributed by atoms with Crippen molar-refractivity contribution in [1.82, 2.24) is 0 Å². The molecule has 0 aliphatic heterocycles. The number of carbonyl (C=O) groups excluding carboxylic acids is 5. The second-order valence-corrected chi connectivity index (χ2v) is 13.8. The van der Waals surface area contributed by atoms with E-state index in [1.807, 2.05) is 26.0 Å². The van der Waals surface area contributed by atoms with Crippen LogP contribution in [0, 0.1) is 30.6 Å². The predicted octanol–water partition coefficient (Wildman–Crippen LogP) is 9.39. The summed E-state index contributed by atoms with van der Waals surface area (Å²) in [6.07, 6.45) is 26.6. The first-order valence-corrected chi connectivity index (χ1v) is 18.0.